The van der Waals surface area contributed by atoms with Crippen molar-refractivity contribution in [2.45, 2.75) is 162 Å². The Bertz CT molecular complexity index is 656. The van der Waals surface area contributed by atoms with E-state index < -0.39 is 16.6 Å². The minimum atomic E-state index is -1.66. The number of rotatable bonds is 16. The van der Waals surface area contributed by atoms with Crippen LogP contribution < -0.4 is 0 Å². The molecule has 0 spiro atoms. The van der Waals surface area contributed by atoms with E-state index in [9.17, 15) is 4.79 Å². The van der Waals surface area contributed by atoms with E-state index in [1.807, 2.05) is 0 Å². The van der Waals surface area contributed by atoms with Gasteiger partial charge in [0.2, 0.25) is 0 Å². The van der Waals surface area contributed by atoms with Crippen LogP contribution in [0.4, 0.5) is 0 Å². The lowest BCUT2D eigenvalue weighted by Crippen LogP contribution is -2.49. The highest BCUT2D eigenvalue weighted by molar-refractivity contribution is 6.74. The molecule has 2 fully saturated rings. The van der Waals surface area contributed by atoms with E-state index in [0.717, 1.165) is 12.8 Å². The molecule has 2 saturated carbocycles. The summed E-state index contributed by atoms with van der Waals surface area (Å²) in [5.74, 6) is 1.87. The quantitative estimate of drug-likeness (QED) is 0.145. The van der Waals surface area contributed by atoms with Gasteiger partial charge in [-0.15, -0.1) is 0 Å². The Morgan fingerprint density at radius 3 is 1.97 bits per heavy atom. The molecule has 0 aromatic rings. The third-order valence-electron chi connectivity index (χ3n) is 11.5. The van der Waals surface area contributed by atoms with Crippen LogP contribution in [0.1, 0.15) is 114 Å². The van der Waals surface area contributed by atoms with Gasteiger partial charge >= 0.3 is 0 Å². The number of hydrogen-bond acceptors (Lipinski definition) is 3. The van der Waals surface area contributed by atoms with E-state index in [2.05, 4.69) is 69.2 Å². The number of carbonyl (C=O) groups is 1. The second-order valence-corrected chi connectivity index (χ2v) is 22.8. The lowest BCUT2D eigenvalue weighted by Gasteiger charge is -2.49. The minimum absolute atomic E-state index is 0.131. The van der Waals surface area contributed by atoms with Crippen molar-refractivity contribution in [2.24, 2.45) is 29.1 Å². The number of fused-ring (bicyclic) bond motifs is 1. The molecule has 0 amide bonds. The van der Waals surface area contributed by atoms with Gasteiger partial charge in [-0.2, -0.15) is 0 Å². The molecule has 3 unspecified atom stereocenters. The first kappa shape index (κ1) is 32.2. The van der Waals surface area contributed by atoms with E-state index in [1.54, 1.807) is 0 Å². The molecule has 0 radical (unpaired) electrons. The molecule has 2 aliphatic rings. The lowest BCUT2D eigenvalue weighted by molar-refractivity contribution is -0.114. The van der Waals surface area contributed by atoms with Crippen LogP contribution in [0.25, 0.3) is 0 Å². The smallest absolute Gasteiger partial charge is 0.192 e. The van der Waals surface area contributed by atoms with Gasteiger partial charge in [-0.25, -0.2) is 0 Å². The standard InChI is InChI=1S/C31H62O3Si2/c1-11-35(12-2,13-3)33-29-18-17-22-31(10)27(19-20-28(29)31)25(7)26(24-32)21-23-30(8,9)34-36(14-4,15-5)16-6/h24-29H,11-23H2,1-10H3/t25-,26?,27?,28?,29+,31-/m1/s1. The van der Waals surface area contributed by atoms with Gasteiger partial charge < -0.3 is 13.6 Å². The lowest BCUT2D eigenvalue weighted by atomic mass is 9.60. The van der Waals surface area contributed by atoms with Gasteiger partial charge in [0.1, 0.15) is 6.29 Å². The van der Waals surface area contributed by atoms with Gasteiger partial charge in [0, 0.05) is 12.0 Å². The predicted octanol–water partition coefficient (Wildman–Crippen LogP) is 9.62. The van der Waals surface area contributed by atoms with E-state index in [0.29, 0.717) is 29.3 Å². The second kappa shape index (κ2) is 13.4. The van der Waals surface area contributed by atoms with Crippen molar-refractivity contribution in [1.29, 1.82) is 0 Å². The zero-order valence-corrected chi connectivity index (χ0v) is 27.9. The van der Waals surface area contributed by atoms with Crippen molar-refractivity contribution in [3.05, 3.63) is 0 Å². The maximum absolute atomic E-state index is 12.5. The van der Waals surface area contributed by atoms with Crippen LogP contribution in [-0.4, -0.2) is 34.6 Å². The van der Waals surface area contributed by atoms with Crippen LogP contribution >= 0.6 is 0 Å². The Balaban J connectivity index is 2.11. The molecule has 0 bridgehead atoms. The highest BCUT2D eigenvalue weighted by Crippen LogP contribution is 2.59. The average Bonchev–Trinajstić information content (AvgIpc) is 3.24. The number of carbonyl (C=O) groups excluding carboxylic acids is 1. The Morgan fingerprint density at radius 1 is 0.917 bits per heavy atom. The van der Waals surface area contributed by atoms with Gasteiger partial charge in [0.05, 0.1) is 5.60 Å². The normalized spacial score (nSPS) is 29.1. The summed E-state index contributed by atoms with van der Waals surface area (Å²) < 4.78 is 14.0. The molecule has 0 aromatic heterocycles. The maximum atomic E-state index is 12.5. The molecule has 5 heteroatoms. The second-order valence-electron chi connectivity index (χ2n) is 13.4. The Hall–Kier alpha value is 0.0238. The zero-order valence-electron chi connectivity index (χ0n) is 25.9. The first-order valence-corrected chi connectivity index (χ1v) is 20.8. The highest BCUT2D eigenvalue weighted by Gasteiger charge is 2.54. The summed E-state index contributed by atoms with van der Waals surface area (Å²) in [6, 6.07) is 7.26. The van der Waals surface area contributed by atoms with Gasteiger partial charge in [0.25, 0.3) is 0 Å². The average molecular weight is 539 g/mol. The van der Waals surface area contributed by atoms with Gasteiger partial charge in [-0.3, -0.25) is 0 Å². The largest absolute Gasteiger partial charge is 0.414 e. The predicted molar refractivity (Wildman–Crippen MR) is 161 cm³/mol. The van der Waals surface area contributed by atoms with Crippen molar-refractivity contribution in [2.75, 3.05) is 0 Å². The Kier molecular flexibility index (Phi) is 12.0. The number of hydrogen-bond donors (Lipinski definition) is 0. The molecule has 6 atom stereocenters. The zero-order chi connectivity index (χ0) is 27.2. The molecule has 0 heterocycles. The fraction of sp³-hybridized carbons (Fsp3) is 0.968. The van der Waals surface area contributed by atoms with Crippen molar-refractivity contribution in [1.82, 2.24) is 0 Å². The first-order valence-electron chi connectivity index (χ1n) is 15.8. The maximum Gasteiger partial charge on any atom is 0.192 e. The highest BCUT2D eigenvalue weighted by atomic mass is 28.4. The van der Waals surface area contributed by atoms with Crippen LogP contribution in [0.5, 0.6) is 0 Å². The van der Waals surface area contributed by atoms with Crippen LogP contribution in [0.3, 0.4) is 0 Å². The molecule has 0 aromatic carbocycles. The fourth-order valence-corrected chi connectivity index (χ4v) is 14.5. The molecular weight excluding hydrogens is 477 g/mol. The third kappa shape index (κ3) is 6.96. The molecule has 2 aliphatic carbocycles. The summed E-state index contributed by atoms with van der Waals surface area (Å²) in [7, 11) is -3.26. The van der Waals surface area contributed by atoms with Gasteiger partial charge in [0.15, 0.2) is 16.6 Å². The SMILES string of the molecule is CC[Si](CC)(CC)O[C@H]1CCC[C@]2(C)C([C@H](C)C(C=O)CCC(C)(C)O[Si](CC)(CC)CC)CCC12. The number of aldehydes is 1. The van der Waals surface area contributed by atoms with E-state index >= 15 is 0 Å². The monoisotopic (exact) mass is 538 g/mol. The minimum Gasteiger partial charge on any atom is -0.414 e. The summed E-state index contributed by atoms with van der Waals surface area (Å²) in [6.07, 6.45) is 10.1. The van der Waals surface area contributed by atoms with Gasteiger partial charge in [-0.1, -0.05) is 61.8 Å². The van der Waals surface area contributed by atoms with E-state index in [-0.39, 0.29) is 11.5 Å². The first-order chi connectivity index (χ1) is 16.9. The Labute approximate surface area is 227 Å². The molecule has 36 heavy (non-hydrogen) atoms. The van der Waals surface area contributed by atoms with Crippen molar-refractivity contribution in [3.63, 3.8) is 0 Å². The van der Waals surface area contributed by atoms with E-state index in [1.165, 1.54) is 74.7 Å². The summed E-state index contributed by atoms with van der Waals surface area (Å²) >= 11 is 0. The molecule has 212 valence electrons. The van der Waals surface area contributed by atoms with Crippen molar-refractivity contribution < 1.29 is 13.6 Å². The molecule has 3 nitrogen and oxygen atoms in total. The summed E-state index contributed by atoms with van der Waals surface area (Å²) in [6.45, 7) is 23.5. The molecular formula is C31H62O3Si2. The summed E-state index contributed by atoms with van der Waals surface area (Å²) in [4.78, 5) is 12.5. The van der Waals surface area contributed by atoms with Crippen molar-refractivity contribution >= 4 is 22.9 Å². The third-order valence-corrected chi connectivity index (χ3v) is 21.0. The van der Waals surface area contributed by atoms with Crippen LogP contribution in [0.15, 0.2) is 0 Å². The topological polar surface area (TPSA) is 35.5 Å². The Morgan fingerprint density at radius 2 is 1.47 bits per heavy atom. The van der Waals surface area contributed by atoms with Crippen LogP contribution in [-0.2, 0) is 13.6 Å². The van der Waals surface area contributed by atoms with Crippen molar-refractivity contribution in [3.8, 4) is 0 Å². The van der Waals surface area contributed by atoms with E-state index in [4.69, 9.17) is 8.85 Å². The molecule has 2 rings (SSSR count). The molecule has 0 N–H and O–H groups in total. The van der Waals surface area contributed by atoms with Crippen LogP contribution in [0, 0.1) is 29.1 Å². The molecule has 0 saturated heterocycles. The summed E-state index contributed by atoms with van der Waals surface area (Å²) in [5.41, 5.74) is 0.176. The van der Waals surface area contributed by atoms with Crippen LogP contribution in [0.2, 0.25) is 36.3 Å². The molecule has 0 aliphatic heterocycles. The van der Waals surface area contributed by atoms with Gasteiger partial charge in [-0.05, 0) is 112 Å². The summed E-state index contributed by atoms with van der Waals surface area (Å²) in [5, 5.41) is 0. The fourth-order valence-electron chi connectivity index (χ4n) is 8.36.